The van der Waals surface area contributed by atoms with Crippen LogP contribution in [0, 0.1) is 3.57 Å². The predicted molar refractivity (Wildman–Crippen MR) is 113 cm³/mol. The maximum Gasteiger partial charge on any atom is 0.332 e. The van der Waals surface area contributed by atoms with Crippen molar-refractivity contribution in [3.05, 3.63) is 21.8 Å². The van der Waals surface area contributed by atoms with Crippen molar-refractivity contribution in [1.82, 2.24) is 15.5 Å². The number of carboxylic acid groups (broad SMARTS) is 1. The van der Waals surface area contributed by atoms with Crippen LogP contribution in [0.5, 0.6) is 5.75 Å². The summed E-state index contributed by atoms with van der Waals surface area (Å²) < 4.78 is 6.16. The molecule has 0 bridgehead atoms. The molecule has 162 valence electrons. The molecule has 0 radical (unpaired) electrons. The second-order valence-corrected chi connectivity index (χ2v) is 7.62. The van der Waals surface area contributed by atoms with Crippen LogP contribution in [0.3, 0.4) is 0 Å². The molecule has 3 N–H and O–H groups in total. The highest BCUT2D eigenvalue weighted by atomic mass is 127. The molecule has 0 aliphatic carbocycles. The van der Waals surface area contributed by atoms with Crippen molar-refractivity contribution >= 4 is 58.0 Å². The van der Waals surface area contributed by atoms with Gasteiger partial charge in [-0.1, -0.05) is 0 Å². The molecule has 0 saturated carbocycles. The number of urea groups is 1. The van der Waals surface area contributed by atoms with Gasteiger partial charge in [0.15, 0.2) is 0 Å². The molecule has 2 rings (SSSR count). The van der Waals surface area contributed by atoms with Crippen LogP contribution in [0.1, 0.15) is 19.8 Å². The zero-order chi connectivity index (χ0) is 22.4. The van der Waals surface area contributed by atoms with Gasteiger partial charge in [-0.15, -0.1) is 0 Å². The van der Waals surface area contributed by atoms with Gasteiger partial charge in [0, 0.05) is 23.5 Å². The Bertz CT molecular complexity index is 860. The van der Waals surface area contributed by atoms with Gasteiger partial charge in [-0.3, -0.25) is 24.1 Å². The van der Waals surface area contributed by atoms with E-state index in [1.165, 1.54) is 12.0 Å². The monoisotopic (exact) mass is 532 g/mol. The SMILES string of the molecule is COc1ccc(I)cc1N1CCC(=O)N(CNC(=O)[C@H](CC(=O)O)NC(C)=O)C1=O. The number of carbonyl (C=O) groups excluding carboxylic acids is 4. The summed E-state index contributed by atoms with van der Waals surface area (Å²) in [6.07, 6.45) is -0.612. The molecule has 1 atom stereocenters. The highest BCUT2D eigenvalue weighted by molar-refractivity contribution is 14.1. The fourth-order valence-electron chi connectivity index (χ4n) is 2.85. The lowest BCUT2D eigenvalue weighted by Gasteiger charge is -2.35. The van der Waals surface area contributed by atoms with Crippen molar-refractivity contribution in [2.45, 2.75) is 25.8 Å². The Labute approximate surface area is 185 Å². The first-order chi connectivity index (χ1) is 14.1. The smallest absolute Gasteiger partial charge is 0.332 e. The summed E-state index contributed by atoms with van der Waals surface area (Å²) in [7, 11) is 1.47. The molecule has 1 fully saturated rings. The van der Waals surface area contributed by atoms with Crippen LogP contribution in [0.4, 0.5) is 10.5 Å². The number of carboxylic acids is 1. The van der Waals surface area contributed by atoms with E-state index in [9.17, 15) is 24.0 Å². The van der Waals surface area contributed by atoms with E-state index in [1.54, 1.807) is 12.1 Å². The maximum atomic E-state index is 12.9. The molecular weight excluding hydrogens is 511 g/mol. The number of aliphatic carboxylic acids is 1. The molecule has 0 unspecified atom stereocenters. The number of anilines is 1. The first-order valence-electron chi connectivity index (χ1n) is 8.86. The Morgan fingerprint density at radius 3 is 2.60 bits per heavy atom. The molecule has 1 aliphatic heterocycles. The zero-order valence-electron chi connectivity index (χ0n) is 16.3. The number of imide groups is 1. The predicted octanol–water partition coefficient (Wildman–Crippen LogP) is 0.512. The number of hydrogen-bond donors (Lipinski definition) is 3. The van der Waals surface area contributed by atoms with E-state index < -0.39 is 48.9 Å². The fourth-order valence-corrected chi connectivity index (χ4v) is 3.33. The average molecular weight is 532 g/mol. The van der Waals surface area contributed by atoms with E-state index in [-0.39, 0.29) is 13.0 Å². The van der Waals surface area contributed by atoms with Gasteiger partial charge < -0.3 is 20.5 Å². The quantitative estimate of drug-likeness (QED) is 0.414. The van der Waals surface area contributed by atoms with Gasteiger partial charge in [-0.05, 0) is 40.8 Å². The van der Waals surface area contributed by atoms with E-state index in [1.807, 2.05) is 6.07 Å². The fraction of sp³-hybridized carbons (Fsp3) is 0.389. The molecule has 1 aliphatic rings. The summed E-state index contributed by atoms with van der Waals surface area (Å²) in [5, 5.41) is 13.5. The minimum absolute atomic E-state index is 0.0283. The molecule has 0 spiro atoms. The number of methoxy groups -OCH3 is 1. The maximum absolute atomic E-state index is 12.9. The molecule has 1 aromatic carbocycles. The van der Waals surface area contributed by atoms with E-state index in [0.29, 0.717) is 11.4 Å². The number of halogens is 1. The van der Waals surface area contributed by atoms with Crippen LogP contribution in [-0.2, 0) is 19.2 Å². The second-order valence-electron chi connectivity index (χ2n) is 6.37. The van der Waals surface area contributed by atoms with Crippen LogP contribution in [0.2, 0.25) is 0 Å². The van der Waals surface area contributed by atoms with Gasteiger partial charge in [0.25, 0.3) is 0 Å². The Morgan fingerprint density at radius 1 is 1.30 bits per heavy atom. The summed E-state index contributed by atoms with van der Waals surface area (Å²) in [6, 6.07) is 3.27. The van der Waals surface area contributed by atoms with Gasteiger partial charge in [0.2, 0.25) is 17.7 Å². The van der Waals surface area contributed by atoms with Gasteiger partial charge in [0.1, 0.15) is 18.5 Å². The van der Waals surface area contributed by atoms with Crippen molar-refractivity contribution in [3.8, 4) is 5.75 Å². The Balaban J connectivity index is 2.15. The third kappa shape index (κ3) is 5.81. The van der Waals surface area contributed by atoms with Crippen molar-refractivity contribution in [2.75, 3.05) is 25.2 Å². The number of nitrogens with zero attached hydrogens (tertiary/aromatic N) is 2. The van der Waals surface area contributed by atoms with Crippen molar-refractivity contribution in [3.63, 3.8) is 0 Å². The molecule has 12 heteroatoms. The molecule has 1 saturated heterocycles. The summed E-state index contributed by atoms with van der Waals surface area (Å²) in [5.41, 5.74) is 0.486. The van der Waals surface area contributed by atoms with E-state index in [4.69, 9.17) is 9.84 Å². The number of rotatable bonds is 8. The lowest BCUT2D eigenvalue weighted by Crippen LogP contribution is -2.57. The van der Waals surface area contributed by atoms with Crippen LogP contribution < -0.4 is 20.3 Å². The van der Waals surface area contributed by atoms with Crippen LogP contribution in [0.15, 0.2) is 18.2 Å². The van der Waals surface area contributed by atoms with Gasteiger partial charge in [0.05, 0.1) is 19.2 Å². The summed E-state index contributed by atoms with van der Waals surface area (Å²) >= 11 is 2.09. The average Bonchev–Trinajstić information content (AvgIpc) is 2.66. The molecule has 1 aromatic rings. The number of carbonyl (C=O) groups is 5. The van der Waals surface area contributed by atoms with E-state index >= 15 is 0 Å². The largest absolute Gasteiger partial charge is 0.495 e. The normalized spacial score (nSPS) is 14.9. The van der Waals surface area contributed by atoms with E-state index in [2.05, 4.69) is 33.2 Å². The number of benzene rings is 1. The number of hydrogen-bond acceptors (Lipinski definition) is 6. The number of nitrogens with one attached hydrogen (secondary N) is 2. The van der Waals surface area contributed by atoms with Crippen molar-refractivity contribution in [1.29, 1.82) is 0 Å². The van der Waals surface area contributed by atoms with Crippen molar-refractivity contribution in [2.24, 2.45) is 0 Å². The second kappa shape index (κ2) is 10.2. The summed E-state index contributed by atoms with van der Waals surface area (Å²) in [6.45, 7) is 0.827. The molecular formula is C18H21IN4O7. The van der Waals surface area contributed by atoms with Gasteiger partial charge >= 0.3 is 12.0 Å². The van der Waals surface area contributed by atoms with Crippen LogP contribution >= 0.6 is 22.6 Å². The molecule has 0 aromatic heterocycles. The first kappa shape index (κ1) is 23.4. The number of ether oxygens (including phenoxy) is 1. The molecule has 5 amide bonds. The summed E-state index contributed by atoms with van der Waals surface area (Å²) in [5.74, 6) is -2.73. The summed E-state index contributed by atoms with van der Waals surface area (Å²) in [4.78, 5) is 61.8. The standard InChI is InChI=1S/C18H21IN4O7/c1-10(24)21-12(8-16(26)27)17(28)20-9-23-15(25)5-6-22(18(23)29)13-7-11(19)3-4-14(13)30-2/h3-4,7,12H,5-6,8-9H2,1-2H3,(H,20,28)(H,21,24)(H,26,27)/t12-/m0/s1. The minimum atomic E-state index is -1.33. The Morgan fingerprint density at radius 2 is 2.00 bits per heavy atom. The van der Waals surface area contributed by atoms with Gasteiger partial charge in [-0.2, -0.15) is 0 Å². The zero-order valence-corrected chi connectivity index (χ0v) is 18.5. The van der Waals surface area contributed by atoms with Crippen molar-refractivity contribution < 1.29 is 33.8 Å². The van der Waals surface area contributed by atoms with Crippen LogP contribution in [-0.4, -0.2) is 66.1 Å². The minimum Gasteiger partial charge on any atom is -0.495 e. The van der Waals surface area contributed by atoms with E-state index in [0.717, 1.165) is 15.4 Å². The molecule has 1 heterocycles. The third-order valence-corrected chi connectivity index (χ3v) is 4.90. The topological polar surface area (TPSA) is 145 Å². The Kier molecular flexibility index (Phi) is 7.97. The third-order valence-electron chi connectivity index (χ3n) is 4.23. The van der Waals surface area contributed by atoms with Gasteiger partial charge in [-0.25, -0.2) is 9.69 Å². The molecule has 30 heavy (non-hydrogen) atoms. The Hall–Kier alpha value is -2.90. The first-order valence-corrected chi connectivity index (χ1v) is 9.94. The lowest BCUT2D eigenvalue weighted by molar-refractivity contribution is -0.141. The molecule has 11 nitrogen and oxygen atoms in total. The number of amides is 5. The highest BCUT2D eigenvalue weighted by Gasteiger charge is 2.35. The lowest BCUT2D eigenvalue weighted by atomic mass is 10.2. The van der Waals surface area contributed by atoms with Crippen LogP contribution in [0.25, 0.3) is 0 Å². The highest BCUT2D eigenvalue weighted by Crippen LogP contribution is 2.32.